The van der Waals surface area contributed by atoms with Crippen LogP contribution in [0.15, 0.2) is 48.5 Å². The van der Waals surface area contributed by atoms with E-state index < -0.39 is 24.0 Å². The molecule has 2 N–H and O–H groups in total. The second kappa shape index (κ2) is 13.0. The predicted octanol–water partition coefficient (Wildman–Crippen LogP) is 4.27. The largest absolute Gasteiger partial charge is 0.452 e. The number of amides is 2. The van der Waals surface area contributed by atoms with Gasteiger partial charge in [0.25, 0.3) is 5.91 Å². The molecule has 2 aromatic rings. The summed E-state index contributed by atoms with van der Waals surface area (Å²) >= 11 is 12.0. The van der Waals surface area contributed by atoms with Crippen LogP contribution in [0.4, 0.5) is 0 Å². The molecule has 0 bridgehead atoms. The Bertz CT molecular complexity index is 998. The maximum atomic E-state index is 12.3. The van der Waals surface area contributed by atoms with Gasteiger partial charge in [0.2, 0.25) is 5.91 Å². The molecule has 2 rings (SSSR count). The number of carbonyl (C=O) groups is 4. The third-order valence-corrected chi connectivity index (χ3v) is 5.35. The fourth-order valence-electron chi connectivity index (χ4n) is 2.96. The number of hydrogen-bond donors (Lipinski definition) is 2. The maximum Gasteiger partial charge on any atom is 0.308 e. The lowest BCUT2D eigenvalue weighted by atomic mass is 10.1. The van der Waals surface area contributed by atoms with E-state index in [2.05, 4.69) is 10.6 Å². The predicted molar refractivity (Wildman–Crippen MR) is 126 cm³/mol. The fraction of sp³-hybridized carbons (Fsp3) is 0.333. The van der Waals surface area contributed by atoms with Gasteiger partial charge >= 0.3 is 5.97 Å². The molecule has 0 saturated heterocycles. The maximum absolute atomic E-state index is 12.3. The lowest BCUT2D eigenvalue weighted by molar-refractivity contribution is -0.155. The fourth-order valence-corrected chi connectivity index (χ4v) is 3.53. The van der Waals surface area contributed by atoms with Gasteiger partial charge in [0.15, 0.2) is 11.9 Å². The summed E-state index contributed by atoms with van der Waals surface area (Å²) in [5.74, 6) is -1.58. The van der Waals surface area contributed by atoms with Crippen molar-refractivity contribution in [2.45, 2.75) is 45.3 Å². The van der Waals surface area contributed by atoms with E-state index in [4.69, 9.17) is 27.9 Å². The van der Waals surface area contributed by atoms with Gasteiger partial charge in [-0.3, -0.25) is 19.2 Å². The van der Waals surface area contributed by atoms with E-state index in [0.717, 1.165) is 0 Å². The zero-order valence-corrected chi connectivity index (χ0v) is 19.9. The molecule has 0 aliphatic heterocycles. The van der Waals surface area contributed by atoms with Crippen LogP contribution < -0.4 is 10.6 Å². The summed E-state index contributed by atoms with van der Waals surface area (Å²) in [6.45, 7) is 3.25. The molecule has 0 fully saturated rings. The Hall–Kier alpha value is -2.90. The van der Waals surface area contributed by atoms with Crippen molar-refractivity contribution in [3.8, 4) is 0 Å². The first-order valence-electron chi connectivity index (χ1n) is 10.5. The molecule has 2 atom stereocenters. The minimum atomic E-state index is -1.02. The highest BCUT2D eigenvalue weighted by Crippen LogP contribution is 2.26. The Morgan fingerprint density at radius 3 is 2.30 bits per heavy atom. The zero-order valence-electron chi connectivity index (χ0n) is 18.4. The van der Waals surface area contributed by atoms with Crippen molar-refractivity contribution in [2.75, 3.05) is 6.54 Å². The molecule has 2 aromatic carbocycles. The Morgan fingerprint density at radius 2 is 1.64 bits per heavy atom. The molecule has 176 valence electrons. The molecule has 0 unspecified atom stereocenters. The molecule has 9 heteroatoms. The molecule has 0 radical (unpaired) electrons. The average Bonchev–Trinajstić information content (AvgIpc) is 2.77. The van der Waals surface area contributed by atoms with Crippen molar-refractivity contribution < 1.29 is 23.9 Å². The highest BCUT2D eigenvalue weighted by Gasteiger charge is 2.21. The van der Waals surface area contributed by atoms with E-state index in [1.807, 2.05) is 6.07 Å². The molecule has 0 saturated carbocycles. The second-order valence-corrected chi connectivity index (χ2v) is 8.26. The molecule has 0 heterocycles. The van der Waals surface area contributed by atoms with Gasteiger partial charge in [0.1, 0.15) is 0 Å². The van der Waals surface area contributed by atoms with Crippen molar-refractivity contribution in [3.05, 3.63) is 69.7 Å². The lowest BCUT2D eigenvalue weighted by Crippen LogP contribution is -2.38. The van der Waals surface area contributed by atoms with Gasteiger partial charge in [0.05, 0.1) is 12.5 Å². The molecule has 0 spiro atoms. The van der Waals surface area contributed by atoms with E-state index in [9.17, 15) is 19.2 Å². The molecular formula is C24H26Cl2N2O5. The van der Waals surface area contributed by atoms with Crippen LogP contribution in [-0.2, 0) is 19.1 Å². The van der Waals surface area contributed by atoms with E-state index in [0.29, 0.717) is 21.2 Å². The number of Topliss-reactive ketones (excluding diaryl/α,β-unsaturated/α-hetero) is 1. The number of benzene rings is 2. The number of nitrogens with one attached hydrogen (secondary N) is 2. The topological polar surface area (TPSA) is 102 Å². The van der Waals surface area contributed by atoms with E-state index in [1.165, 1.54) is 6.92 Å². The van der Waals surface area contributed by atoms with Crippen LogP contribution in [0.2, 0.25) is 10.0 Å². The summed E-state index contributed by atoms with van der Waals surface area (Å²) < 4.78 is 5.13. The van der Waals surface area contributed by atoms with Gasteiger partial charge < -0.3 is 15.4 Å². The van der Waals surface area contributed by atoms with E-state index >= 15 is 0 Å². The smallest absolute Gasteiger partial charge is 0.308 e. The number of halogens is 2. The van der Waals surface area contributed by atoms with Gasteiger partial charge in [0, 0.05) is 35.0 Å². The van der Waals surface area contributed by atoms with Crippen molar-refractivity contribution in [1.29, 1.82) is 0 Å². The Balaban J connectivity index is 1.68. The van der Waals surface area contributed by atoms with Crippen LogP contribution in [0.1, 0.15) is 55.1 Å². The lowest BCUT2D eigenvalue weighted by Gasteiger charge is -2.19. The normalized spacial score (nSPS) is 12.4. The first kappa shape index (κ1) is 26.4. The first-order valence-corrected chi connectivity index (χ1v) is 11.2. The second-order valence-electron chi connectivity index (χ2n) is 7.42. The molecule has 7 nitrogen and oxygen atoms in total. The number of ether oxygens (including phenoxy) is 1. The van der Waals surface area contributed by atoms with Crippen molar-refractivity contribution in [3.63, 3.8) is 0 Å². The number of ketones is 1. The van der Waals surface area contributed by atoms with Crippen molar-refractivity contribution >= 4 is 46.8 Å². The quantitative estimate of drug-likeness (QED) is 0.360. The molecule has 0 aromatic heterocycles. The summed E-state index contributed by atoms with van der Waals surface area (Å²) in [5, 5.41) is 6.20. The van der Waals surface area contributed by atoms with Gasteiger partial charge in [-0.2, -0.15) is 0 Å². The summed E-state index contributed by atoms with van der Waals surface area (Å²) in [7, 11) is 0. The minimum absolute atomic E-state index is 0.0206. The van der Waals surface area contributed by atoms with E-state index in [1.54, 1.807) is 49.4 Å². The molecule has 0 aliphatic rings. The Labute approximate surface area is 202 Å². The van der Waals surface area contributed by atoms with Crippen LogP contribution in [0.25, 0.3) is 0 Å². The first-order chi connectivity index (χ1) is 15.7. The molecule has 0 aliphatic carbocycles. The van der Waals surface area contributed by atoms with Gasteiger partial charge in [-0.1, -0.05) is 59.6 Å². The van der Waals surface area contributed by atoms with Crippen LogP contribution in [-0.4, -0.2) is 36.2 Å². The van der Waals surface area contributed by atoms with Gasteiger partial charge in [-0.25, -0.2) is 0 Å². The number of carbonyl (C=O) groups excluding carboxylic acids is 4. The molecule has 33 heavy (non-hydrogen) atoms. The van der Waals surface area contributed by atoms with Crippen LogP contribution >= 0.6 is 23.2 Å². The SMILES string of the molecule is C[C@@H](OC(=O)CCNC(=O)CCC(=O)c1ccccc1)C(=O)N[C@H](C)c1ccc(Cl)cc1Cl. The third-order valence-electron chi connectivity index (χ3n) is 4.79. The number of hydrogen-bond acceptors (Lipinski definition) is 5. The van der Waals surface area contributed by atoms with Gasteiger partial charge in [-0.05, 0) is 31.5 Å². The zero-order chi connectivity index (χ0) is 24.4. The third kappa shape index (κ3) is 8.86. The van der Waals surface area contributed by atoms with Gasteiger partial charge in [-0.15, -0.1) is 0 Å². The Morgan fingerprint density at radius 1 is 0.939 bits per heavy atom. The molecular weight excluding hydrogens is 467 g/mol. The van der Waals surface area contributed by atoms with E-state index in [-0.39, 0.29) is 37.5 Å². The standard InChI is InChI=1S/C24H26Cl2N2O5/c1-15(19-9-8-18(25)14-20(19)26)28-24(32)16(2)33-23(31)12-13-27-22(30)11-10-21(29)17-6-4-3-5-7-17/h3-9,14-16H,10-13H2,1-2H3,(H,27,30)(H,28,32)/t15-,16-/m1/s1. The van der Waals surface area contributed by atoms with Crippen LogP contribution in [0, 0.1) is 0 Å². The summed E-state index contributed by atoms with van der Waals surface area (Å²) in [6.07, 6.45) is -1.03. The van der Waals surface area contributed by atoms with Crippen molar-refractivity contribution in [1.82, 2.24) is 10.6 Å². The minimum Gasteiger partial charge on any atom is -0.452 e. The number of esters is 1. The van der Waals surface area contributed by atoms with Crippen molar-refractivity contribution in [2.24, 2.45) is 0 Å². The molecule has 2 amide bonds. The highest BCUT2D eigenvalue weighted by molar-refractivity contribution is 6.35. The van der Waals surface area contributed by atoms with Crippen LogP contribution in [0.5, 0.6) is 0 Å². The number of rotatable bonds is 11. The summed E-state index contributed by atoms with van der Waals surface area (Å²) in [5.41, 5.74) is 1.23. The summed E-state index contributed by atoms with van der Waals surface area (Å²) in [6, 6.07) is 13.3. The van der Waals surface area contributed by atoms with Crippen LogP contribution in [0.3, 0.4) is 0 Å². The highest BCUT2D eigenvalue weighted by atomic mass is 35.5. The summed E-state index contributed by atoms with van der Waals surface area (Å²) in [4.78, 5) is 48.2. The Kier molecular flexibility index (Phi) is 10.4. The monoisotopic (exact) mass is 492 g/mol. The average molecular weight is 493 g/mol.